The number of aryl methyl sites for hydroxylation is 1. The van der Waals surface area contributed by atoms with Crippen LogP contribution in [-0.4, -0.2) is 33.3 Å². The summed E-state index contributed by atoms with van der Waals surface area (Å²) in [4.78, 5) is 15.7. The van der Waals surface area contributed by atoms with Gasteiger partial charge in [-0.05, 0) is 36.2 Å². The largest absolute Gasteiger partial charge is 0.459 e. The number of carbonyl (C=O) groups excluding carboxylic acids is 1. The van der Waals surface area contributed by atoms with Crippen LogP contribution >= 0.6 is 23.1 Å². The van der Waals surface area contributed by atoms with E-state index < -0.39 is 36.2 Å². The van der Waals surface area contributed by atoms with Gasteiger partial charge in [0.1, 0.15) is 10.5 Å². The summed E-state index contributed by atoms with van der Waals surface area (Å²) < 4.78 is 98.9. The van der Waals surface area contributed by atoms with E-state index in [4.69, 9.17) is 16.0 Å². The standard InChI is InChI=1S/C17H11ClF7N3O2S/c1-7-13(18)14(31-28-7)27-11(29)5-8-2-3-10-9(4-8)26-12(30-10)6-15(19,20)16(21,22)17(23,24)25/h2-4H,5-6H2,1H3,(H,27,29). The lowest BCUT2D eigenvalue weighted by Gasteiger charge is -2.27. The first-order valence-electron chi connectivity index (χ1n) is 8.33. The molecule has 3 aromatic rings. The fourth-order valence-electron chi connectivity index (χ4n) is 2.51. The molecule has 3 rings (SSSR count). The van der Waals surface area contributed by atoms with E-state index in [1.165, 1.54) is 18.2 Å². The van der Waals surface area contributed by atoms with E-state index in [1.807, 2.05) is 0 Å². The monoisotopic (exact) mass is 489 g/mol. The minimum atomic E-state index is -6.44. The normalized spacial score (nSPS) is 13.1. The third kappa shape index (κ3) is 4.61. The third-order valence-corrected chi connectivity index (χ3v) is 5.52. The summed E-state index contributed by atoms with van der Waals surface area (Å²) in [5.41, 5.74) is 0.686. The number of alkyl halides is 7. The van der Waals surface area contributed by atoms with Gasteiger partial charge in [0, 0.05) is 0 Å². The molecule has 0 spiro atoms. The minimum absolute atomic E-state index is 0.0851. The first-order chi connectivity index (χ1) is 14.2. The highest BCUT2D eigenvalue weighted by atomic mass is 35.5. The van der Waals surface area contributed by atoms with Crippen LogP contribution in [0.5, 0.6) is 0 Å². The van der Waals surface area contributed by atoms with Crippen molar-refractivity contribution in [1.82, 2.24) is 9.36 Å². The first-order valence-corrected chi connectivity index (χ1v) is 9.49. The molecule has 0 bridgehead atoms. The summed E-state index contributed by atoms with van der Waals surface area (Å²) in [7, 11) is 0. The highest BCUT2D eigenvalue weighted by Crippen LogP contribution is 2.47. The first kappa shape index (κ1) is 23.3. The minimum Gasteiger partial charge on any atom is -0.440 e. The second kappa shape index (κ2) is 7.93. The second-order valence-electron chi connectivity index (χ2n) is 6.50. The Morgan fingerprint density at radius 2 is 1.87 bits per heavy atom. The Morgan fingerprint density at radius 1 is 1.19 bits per heavy atom. The second-order valence-corrected chi connectivity index (χ2v) is 7.65. The molecule has 0 unspecified atom stereocenters. The maximum absolute atomic E-state index is 13.6. The Bertz CT molecular complexity index is 1130. The molecule has 14 heteroatoms. The summed E-state index contributed by atoms with van der Waals surface area (Å²) >= 11 is 6.95. The number of halogens is 8. The van der Waals surface area contributed by atoms with Gasteiger partial charge in [-0.3, -0.25) is 4.79 Å². The molecule has 1 N–H and O–H groups in total. The Labute approximate surface area is 178 Å². The van der Waals surface area contributed by atoms with Crippen molar-refractivity contribution in [3.05, 3.63) is 40.4 Å². The fraction of sp³-hybridized carbons (Fsp3) is 0.353. The van der Waals surface area contributed by atoms with Crippen LogP contribution in [0.2, 0.25) is 5.02 Å². The van der Waals surface area contributed by atoms with Crippen molar-refractivity contribution in [2.75, 3.05) is 5.32 Å². The number of fused-ring (bicyclic) bond motifs is 1. The van der Waals surface area contributed by atoms with Crippen molar-refractivity contribution >= 4 is 45.1 Å². The van der Waals surface area contributed by atoms with Gasteiger partial charge in [-0.2, -0.15) is 35.1 Å². The van der Waals surface area contributed by atoms with Gasteiger partial charge in [-0.25, -0.2) is 4.98 Å². The smallest absolute Gasteiger partial charge is 0.440 e. The molecule has 2 heterocycles. The highest BCUT2D eigenvalue weighted by molar-refractivity contribution is 7.11. The van der Waals surface area contributed by atoms with E-state index in [9.17, 15) is 35.5 Å². The molecule has 1 amide bonds. The summed E-state index contributed by atoms with van der Waals surface area (Å²) in [5.74, 6) is -13.2. The molecule has 31 heavy (non-hydrogen) atoms. The van der Waals surface area contributed by atoms with Crippen molar-refractivity contribution in [2.45, 2.75) is 37.8 Å². The van der Waals surface area contributed by atoms with Crippen LogP contribution in [-0.2, 0) is 17.6 Å². The number of rotatable bonds is 6. The number of anilines is 1. The van der Waals surface area contributed by atoms with Crippen molar-refractivity contribution in [3.8, 4) is 0 Å². The van der Waals surface area contributed by atoms with E-state index in [-0.39, 0.29) is 22.5 Å². The lowest BCUT2D eigenvalue weighted by atomic mass is 10.1. The molecule has 0 saturated carbocycles. The third-order valence-electron chi connectivity index (χ3n) is 4.09. The van der Waals surface area contributed by atoms with Gasteiger partial charge >= 0.3 is 18.0 Å². The predicted molar refractivity (Wildman–Crippen MR) is 97.9 cm³/mol. The fourth-order valence-corrected chi connectivity index (χ4v) is 3.46. The molecule has 0 radical (unpaired) electrons. The summed E-state index contributed by atoms with van der Waals surface area (Å²) in [6.07, 6.45) is -8.69. The number of oxazole rings is 1. The number of amides is 1. The Kier molecular flexibility index (Phi) is 5.95. The molecule has 5 nitrogen and oxygen atoms in total. The average Bonchev–Trinajstić information content (AvgIpc) is 3.17. The van der Waals surface area contributed by atoms with Gasteiger partial charge in [0.05, 0.1) is 23.6 Å². The number of aromatic nitrogens is 2. The van der Waals surface area contributed by atoms with Crippen LogP contribution in [0.3, 0.4) is 0 Å². The van der Waals surface area contributed by atoms with Crippen molar-refractivity contribution in [2.24, 2.45) is 0 Å². The molecule has 0 fully saturated rings. The molecule has 168 valence electrons. The molecule has 2 aromatic heterocycles. The van der Waals surface area contributed by atoms with Gasteiger partial charge in [-0.15, -0.1) is 0 Å². The number of hydrogen-bond acceptors (Lipinski definition) is 5. The molecule has 0 saturated heterocycles. The van der Waals surface area contributed by atoms with Gasteiger partial charge in [0.25, 0.3) is 0 Å². The van der Waals surface area contributed by atoms with Crippen LogP contribution in [0, 0.1) is 6.92 Å². The summed E-state index contributed by atoms with van der Waals surface area (Å²) in [5, 5.41) is 3.17. The Morgan fingerprint density at radius 3 is 2.45 bits per heavy atom. The zero-order chi connectivity index (χ0) is 23.2. The van der Waals surface area contributed by atoms with E-state index in [2.05, 4.69) is 14.7 Å². The number of benzene rings is 1. The van der Waals surface area contributed by atoms with Crippen molar-refractivity contribution < 1.29 is 39.9 Å². The number of carbonyl (C=O) groups is 1. The van der Waals surface area contributed by atoms with E-state index in [0.717, 1.165) is 11.5 Å². The van der Waals surface area contributed by atoms with Gasteiger partial charge < -0.3 is 9.73 Å². The lowest BCUT2D eigenvalue weighted by molar-refractivity contribution is -0.354. The summed E-state index contributed by atoms with van der Waals surface area (Å²) in [6.45, 7) is 1.65. The number of nitrogens with zero attached hydrogens (tertiary/aromatic N) is 2. The molecule has 0 aliphatic heterocycles. The van der Waals surface area contributed by atoms with E-state index >= 15 is 0 Å². The molecular weight excluding hydrogens is 479 g/mol. The van der Waals surface area contributed by atoms with E-state index in [0.29, 0.717) is 16.3 Å². The maximum Gasteiger partial charge on any atom is 0.459 e. The quantitative estimate of drug-likeness (QED) is 0.444. The Hall–Kier alpha value is -2.41. The molecule has 0 aliphatic carbocycles. The van der Waals surface area contributed by atoms with E-state index in [1.54, 1.807) is 6.92 Å². The van der Waals surface area contributed by atoms with Crippen LogP contribution in [0.1, 0.15) is 17.1 Å². The van der Waals surface area contributed by atoms with Crippen LogP contribution < -0.4 is 5.32 Å². The maximum atomic E-state index is 13.6. The Balaban J connectivity index is 1.75. The van der Waals surface area contributed by atoms with Crippen LogP contribution in [0.4, 0.5) is 35.7 Å². The molecular formula is C17H11ClF7N3O2S. The topological polar surface area (TPSA) is 68.0 Å². The zero-order valence-electron chi connectivity index (χ0n) is 15.3. The van der Waals surface area contributed by atoms with Crippen LogP contribution in [0.15, 0.2) is 22.6 Å². The molecule has 1 aromatic carbocycles. The number of nitrogens with one attached hydrogen (secondary N) is 1. The zero-order valence-corrected chi connectivity index (χ0v) is 16.9. The highest BCUT2D eigenvalue weighted by Gasteiger charge is 2.73. The van der Waals surface area contributed by atoms with Gasteiger partial charge in [0.15, 0.2) is 5.58 Å². The molecule has 0 atom stereocenters. The van der Waals surface area contributed by atoms with Crippen molar-refractivity contribution in [3.63, 3.8) is 0 Å². The number of hydrogen-bond donors (Lipinski definition) is 1. The van der Waals surface area contributed by atoms with Gasteiger partial charge in [0.2, 0.25) is 11.8 Å². The SMILES string of the molecule is Cc1nsc(NC(=O)Cc2ccc3oc(CC(F)(F)C(F)(F)C(F)(F)F)nc3c2)c1Cl. The molecule has 0 aliphatic rings. The predicted octanol–water partition coefficient (Wildman–Crippen LogP) is 5.80. The summed E-state index contributed by atoms with van der Waals surface area (Å²) in [6, 6.07) is 3.89. The average molecular weight is 490 g/mol. The van der Waals surface area contributed by atoms with Crippen LogP contribution in [0.25, 0.3) is 11.1 Å². The van der Waals surface area contributed by atoms with Crippen molar-refractivity contribution in [1.29, 1.82) is 0 Å². The lowest BCUT2D eigenvalue weighted by Crippen LogP contribution is -2.53. The van der Waals surface area contributed by atoms with Gasteiger partial charge in [-0.1, -0.05) is 17.7 Å².